The molecule has 0 aromatic heterocycles. The number of hydrogen-bond acceptors (Lipinski definition) is 4. The molecule has 0 aliphatic rings. The Kier molecular flexibility index (Phi) is 5.50. The molecular formula is C12H19NO3. The average Bonchev–Trinajstić information content (AvgIpc) is 2.30. The smallest absolute Gasteiger partial charge is 0.163 e. The van der Waals surface area contributed by atoms with E-state index in [1.165, 1.54) is 0 Å². The standard InChI is InChI=1S/C12H19NO3/c1-3-15-11-6-5-10(13-7-8-14)9-12(11)16-4-2/h5-6,9,13-14H,3-4,7-8H2,1-2H3. The molecule has 1 aromatic carbocycles. The van der Waals surface area contributed by atoms with Gasteiger partial charge in [0.15, 0.2) is 11.5 Å². The zero-order chi connectivity index (χ0) is 11.8. The molecule has 0 fully saturated rings. The molecule has 0 radical (unpaired) electrons. The van der Waals surface area contributed by atoms with Gasteiger partial charge in [0.05, 0.1) is 19.8 Å². The summed E-state index contributed by atoms with van der Waals surface area (Å²) in [6.45, 7) is 5.72. The first-order valence-corrected chi connectivity index (χ1v) is 5.56. The highest BCUT2D eigenvalue weighted by atomic mass is 16.5. The zero-order valence-electron chi connectivity index (χ0n) is 9.82. The summed E-state index contributed by atoms with van der Waals surface area (Å²) >= 11 is 0. The lowest BCUT2D eigenvalue weighted by Crippen LogP contribution is -2.06. The summed E-state index contributed by atoms with van der Waals surface area (Å²) in [7, 11) is 0. The second-order valence-corrected chi connectivity index (χ2v) is 3.18. The van der Waals surface area contributed by atoms with Crippen molar-refractivity contribution in [1.82, 2.24) is 0 Å². The molecule has 2 N–H and O–H groups in total. The Morgan fingerprint density at radius 1 is 1.12 bits per heavy atom. The van der Waals surface area contributed by atoms with Gasteiger partial charge in [0.1, 0.15) is 0 Å². The Morgan fingerprint density at radius 3 is 2.44 bits per heavy atom. The van der Waals surface area contributed by atoms with Crippen LogP contribution in [0.4, 0.5) is 5.69 Å². The third-order valence-electron chi connectivity index (χ3n) is 1.98. The molecule has 0 aliphatic carbocycles. The van der Waals surface area contributed by atoms with E-state index in [2.05, 4.69) is 5.32 Å². The molecule has 0 unspecified atom stereocenters. The largest absolute Gasteiger partial charge is 0.490 e. The van der Waals surface area contributed by atoms with Crippen molar-refractivity contribution in [3.8, 4) is 11.5 Å². The van der Waals surface area contributed by atoms with Crippen LogP contribution in [-0.4, -0.2) is 31.5 Å². The molecule has 0 spiro atoms. The second-order valence-electron chi connectivity index (χ2n) is 3.18. The topological polar surface area (TPSA) is 50.7 Å². The monoisotopic (exact) mass is 225 g/mol. The Bertz CT molecular complexity index is 315. The number of benzene rings is 1. The summed E-state index contributed by atoms with van der Waals surface area (Å²) in [5, 5.41) is 11.8. The van der Waals surface area contributed by atoms with Crippen LogP contribution in [0.5, 0.6) is 11.5 Å². The van der Waals surface area contributed by atoms with Gasteiger partial charge in [-0.2, -0.15) is 0 Å². The normalized spacial score (nSPS) is 9.94. The third-order valence-corrected chi connectivity index (χ3v) is 1.98. The van der Waals surface area contributed by atoms with E-state index in [0.717, 1.165) is 17.2 Å². The van der Waals surface area contributed by atoms with E-state index in [1.54, 1.807) is 0 Å². The molecule has 90 valence electrons. The van der Waals surface area contributed by atoms with Gasteiger partial charge in [-0.05, 0) is 26.0 Å². The van der Waals surface area contributed by atoms with Gasteiger partial charge >= 0.3 is 0 Å². The van der Waals surface area contributed by atoms with Crippen LogP contribution in [0.1, 0.15) is 13.8 Å². The highest BCUT2D eigenvalue weighted by Gasteiger charge is 2.05. The number of rotatable bonds is 7. The van der Waals surface area contributed by atoms with Gasteiger partial charge in [-0.15, -0.1) is 0 Å². The third kappa shape index (κ3) is 3.62. The van der Waals surface area contributed by atoms with E-state index in [-0.39, 0.29) is 6.61 Å². The first-order chi connectivity index (χ1) is 7.81. The van der Waals surface area contributed by atoms with Crippen LogP contribution in [0.25, 0.3) is 0 Å². The number of aliphatic hydroxyl groups is 1. The van der Waals surface area contributed by atoms with Crippen molar-refractivity contribution < 1.29 is 14.6 Å². The molecular weight excluding hydrogens is 206 g/mol. The molecule has 1 rings (SSSR count). The molecule has 0 atom stereocenters. The number of aliphatic hydroxyl groups excluding tert-OH is 1. The minimum atomic E-state index is 0.108. The summed E-state index contributed by atoms with van der Waals surface area (Å²) in [5.74, 6) is 1.48. The van der Waals surface area contributed by atoms with E-state index < -0.39 is 0 Å². The SMILES string of the molecule is CCOc1ccc(NCCO)cc1OCC. The molecule has 4 nitrogen and oxygen atoms in total. The number of nitrogens with one attached hydrogen (secondary N) is 1. The summed E-state index contributed by atoms with van der Waals surface area (Å²) in [6.07, 6.45) is 0. The van der Waals surface area contributed by atoms with Crippen molar-refractivity contribution in [1.29, 1.82) is 0 Å². The lowest BCUT2D eigenvalue weighted by Gasteiger charge is -2.13. The van der Waals surface area contributed by atoms with Gasteiger partial charge < -0.3 is 19.9 Å². The van der Waals surface area contributed by atoms with Crippen LogP contribution < -0.4 is 14.8 Å². The van der Waals surface area contributed by atoms with E-state index in [9.17, 15) is 0 Å². The van der Waals surface area contributed by atoms with Crippen LogP contribution in [0.3, 0.4) is 0 Å². The number of ether oxygens (including phenoxy) is 2. The van der Waals surface area contributed by atoms with Crippen LogP contribution in [-0.2, 0) is 0 Å². The fourth-order valence-electron chi connectivity index (χ4n) is 1.36. The average molecular weight is 225 g/mol. The maximum absolute atomic E-state index is 8.72. The van der Waals surface area contributed by atoms with Crippen molar-refractivity contribution in [3.63, 3.8) is 0 Å². The van der Waals surface area contributed by atoms with Crippen LogP contribution in [0.15, 0.2) is 18.2 Å². The van der Waals surface area contributed by atoms with Crippen molar-refractivity contribution in [2.24, 2.45) is 0 Å². The van der Waals surface area contributed by atoms with Crippen LogP contribution in [0.2, 0.25) is 0 Å². The maximum atomic E-state index is 8.72. The Hall–Kier alpha value is -1.42. The summed E-state index contributed by atoms with van der Waals surface area (Å²) in [6, 6.07) is 5.65. The van der Waals surface area contributed by atoms with Crippen molar-refractivity contribution in [2.45, 2.75) is 13.8 Å². The van der Waals surface area contributed by atoms with E-state index in [0.29, 0.717) is 19.8 Å². The minimum Gasteiger partial charge on any atom is -0.490 e. The van der Waals surface area contributed by atoms with Gasteiger partial charge in [0, 0.05) is 18.3 Å². The first-order valence-electron chi connectivity index (χ1n) is 5.56. The summed E-state index contributed by atoms with van der Waals surface area (Å²) in [4.78, 5) is 0. The fraction of sp³-hybridized carbons (Fsp3) is 0.500. The Morgan fingerprint density at radius 2 is 1.81 bits per heavy atom. The quantitative estimate of drug-likeness (QED) is 0.744. The van der Waals surface area contributed by atoms with Gasteiger partial charge in [0.2, 0.25) is 0 Å². The van der Waals surface area contributed by atoms with Crippen molar-refractivity contribution in [2.75, 3.05) is 31.7 Å². The lowest BCUT2D eigenvalue weighted by molar-refractivity contribution is 0.288. The number of anilines is 1. The van der Waals surface area contributed by atoms with Crippen molar-refractivity contribution >= 4 is 5.69 Å². The molecule has 0 saturated carbocycles. The molecule has 0 heterocycles. The van der Waals surface area contributed by atoms with Gasteiger partial charge in [-0.1, -0.05) is 0 Å². The highest BCUT2D eigenvalue weighted by molar-refractivity contribution is 5.54. The van der Waals surface area contributed by atoms with E-state index >= 15 is 0 Å². The van der Waals surface area contributed by atoms with Gasteiger partial charge in [0.25, 0.3) is 0 Å². The van der Waals surface area contributed by atoms with Gasteiger partial charge in [-0.25, -0.2) is 0 Å². The van der Waals surface area contributed by atoms with Crippen molar-refractivity contribution in [3.05, 3.63) is 18.2 Å². The molecule has 0 amide bonds. The molecule has 0 bridgehead atoms. The number of hydrogen-bond donors (Lipinski definition) is 2. The molecule has 0 aliphatic heterocycles. The first kappa shape index (κ1) is 12.6. The molecule has 1 aromatic rings. The predicted octanol–water partition coefficient (Wildman–Crippen LogP) is 1.89. The van der Waals surface area contributed by atoms with E-state index in [1.807, 2.05) is 32.0 Å². The Balaban J connectivity index is 2.79. The highest BCUT2D eigenvalue weighted by Crippen LogP contribution is 2.30. The van der Waals surface area contributed by atoms with Crippen LogP contribution in [0, 0.1) is 0 Å². The zero-order valence-corrected chi connectivity index (χ0v) is 9.82. The second kappa shape index (κ2) is 6.95. The molecule has 0 saturated heterocycles. The van der Waals surface area contributed by atoms with Gasteiger partial charge in [-0.3, -0.25) is 0 Å². The Labute approximate surface area is 96.2 Å². The molecule has 4 heteroatoms. The van der Waals surface area contributed by atoms with E-state index in [4.69, 9.17) is 14.6 Å². The summed E-state index contributed by atoms with van der Waals surface area (Å²) in [5.41, 5.74) is 0.918. The van der Waals surface area contributed by atoms with Crippen LogP contribution >= 0.6 is 0 Å². The maximum Gasteiger partial charge on any atom is 0.163 e. The predicted molar refractivity (Wildman–Crippen MR) is 64.4 cm³/mol. The molecule has 16 heavy (non-hydrogen) atoms. The summed E-state index contributed by atoms with van der Waals surface area (Å²) < 4.78 is 10.9. The minimum absolute atomic E-state index is 0.108. The fourth-order valence-corrected chi connectivity index (χ4v) is 1.36. The lowest BCUT2D eigenvalue weighted by atomic mass is 10.2.